The summed E-state index contributed by atoms with van der Waals surface area (Å²) in [4.78, 5) is 0.816. The topological polar surface area (TPSA) is 43.1 Å². The molecule has 2 rings (SSSR count). The minimum absolute atomic E-state index is 0.289. The molecule has 0 radical (unpaired) electrons. The number of hydrogen-bond donors (Lipinski definition) is 1. The molecule has 1 aromatic rings. The van der Waals surface area contributed by atoms with Crippen LogP contribution in [0.15, 0.2) is 23.1 Å². The van der Waals surface area contributed by atoms with Gasteiger partial charge in [-0.05, 0) is 31.0 Å². The van der Waals surface area contributed by atoms with Crippen molar-refractivity contribution >= 4 is 28.1 Å². The van der Waals surface area contributed by atoms with Crippen LogP contribution in [-0.2, 0) is 10.8 Å². The number of nitrogen functional groups attached to an aromatic ring is 1. The SMILES string of the molecule is Nc1ccc(S(=O)C2CCCCCC2)cc1Cl. The summed E-state index contributed by atoms with van der Waals surface area (Å²) in [7, 11) is -0.940. The van der Waals surface area contributed by atoms with Gasteiger partial charge in [0.1, 0.15) is 0 Å². The Kier molecular flexibility index (Phi) is 4.46. The summed E-state index contributed by atoms with van der Waals surface area (Å²) in [6.07, 6.45) is 7.06. The Morgan fingerprint density at radius 1 is 1.18 bits per heavy atom. The summed E-state index contributed by atoms with van der Waals surface area (Å²) in [6.45, 7) is 0. The van der Waals surface area contributed by atoms with Crippen LogP contribution in [0.1, 0.15) is 38.5 Å². The predicted octanol–water partition coefficient (Wildman–Crippen LogP) is 3.75. The largest absolute Gasteiger partial charge is 0.398 e. The van der Waals surface area contributed by atoms with Gasteiger partial charge in [0.05, 0.1) is 21.5 Å². The lowest BCUT2D eigenvalue weighted by Crippen LogP contribution is -2.14. The van der Waals surface area contributed by atoms with Crippen LogP contribution in [0.2, 0.25) is 5.02 Å². The standard InChI is InChI=1S/C13H18ClNOS/c14-12-9-11(7-8-13(12)15)17(16)10-5-3-1-2-4-6-10/h7-10H,1-6,15H2. The highest BCUT2D eigenvalue weighted by atomic mass is 35.5. The van der Waals surface area contributed by atoms with E-state index in [1.165, 1.54) is 25.7 Å². The third-order valence-electron chi connectivity index (χ3n) is 3.31. The van der Waals surface area contributed by atoms with Gasteiger partial charge in [-0.2, -0.15) is 0 Å². The highest BCUT2D eigenvalue weighted by Gasteiger charge is 2.20. The molecule has 0 bridgehead atoms. The summed E-state index contributed by atoms with van der Waals surface area (Å²) in [5, 5.41) is 0.793. The number of benzene rings is 1. The molecule has 1 atom stereocenters. The van der Waals surface area contributed by atoms with E-state index in [9.17, 15) is 4.21 Å². The van der Waals surface area contributed by atoms with Crippen LogP contribution in [0, 0.1) is 0 Å². The van der Waals surface area contributed by atoms with Crippen molar-refractivity contribution in [2.75, 3.05) is 5.73 Å². The molecule has 1 saturated carbocycles. The minimum atomic E-state index is -0.940. The lowest BCUT2D eigenvalue weighted by molar-refractivity contribution is 0.642. The highest BCUT2D eigenvalue weighted by molar-refractivity contribution is 7.85. The van der Waals surface area contributed by atoms with E-state index < -0.39 is 10.8 Å². The molecule has 1 aliphatic rings. The van der Waals surface area contributed by atoms with Gasteiger partial charge < -0.3 is 5.73 Å². The number of nitrogens with two attached hydrogens (primary N) is 1. The summed E-state index contributed by atoms with van der Waals surface area (Å²) >= 11 is 5.97. The lowest BCUT2D eigenvalue weighted by Gasteiger charge is -2.14. The Hall–Kier alpha value is -0.540. The molecule has 17 heavy (non-hydrogen) atoms. The fraction of sp³-hybridized carbons (Fsp3) is 0.538. The average molecular weight is 272 g/mol. The molecule has 2 N–H and O–H groups in total. The Morgan fingerprint density at radius 2 is 1.82 bits per heavy atom. The lowest BCUT2D eigenvalue weighted by atomic mass is 10.2. The van der Waals surface area contributed by atoms with E-state index >= 15 is 0 Å². The summed E-state index contributed by atoms with van der Waals surface area (Å²) < 4.78 is 12.4. The second-order valence-electron chi connectivity index (χ2n) is 4.59. The molecule has 1 unspecified atom stereocenters. The van der Waals surface area contributed by atoms with Gasteiger partial charge in [-0.15, -0.1) is 0 Å². The zero-order chi connectivity index (χ0) is 12.3. The molecule has 0 amide bonds. The number of rotatable bonds is 2. The van der Waals surface area contributed by atoms with Crippen LogP contribution in [0.25, 0.3) is 0 Å². The first kappa shape index (κ1) is 12.9. The van der Waals surface area contributed by atoms with Crippen molar-refractivity contribution in [3.63, 3.8) is 0 Å². The van der Waals surface area contributed by atoms with Crippen LogP contribution in [0.5, 0.6) is 0 Å². The van der Waals surface area contributed by atoms with Crippen molar-refractivity contribution in [2.24, 2.45) is 0 Å². The fourth-order valence-corrected chi connectivity index (χ4v) is 4.11. The highest BCUT2D eigenvalue weighted by Crippen LogP contribution is 2.28. The van der Waals surface area contributed by atoms with Crippen molar-refractivity contribution < 1.29 is 4.21 Å². The first-order chi connectivity index (χ1) is 8.18. The minimum Gasteiger partial charge on any atom is -0.398 e. The predicted molar refractivity (Wildman–Crippen MR) is 73.8 cm³/mol. The molecule has 1 aliphatic carbocycles. The van der Waals surface area contributed by atoms with Gasteiger partial charge in [0, 0.05) is 10.1 Å². The molecule has 0 saturated heterocycles. The maximum atomic E-state index is 12.4. The molecule has 1 aromatic carbocycles. The van der Waals surface area contributed by atoms with E-state index in [0.717, 1.165) is 17.7 Å². The maximum absolute atomic E-state index is 12.4. The molecular formula is C13H18ClNOS. The molecule has 1 fully saturated rings. The van der Waals surface area contributed by atoms with Crippen molar-refractivity contribution in [1.29, 1.82) is 0 Å². The number of halogens is 1. The molecule has 0 spiro atoms. The van der Waals surface area contributed by atoms with E-state index in [2.05, 4.69) is 0 Å². The van der Waals surface area contributed by atoms with E-state index in [4.69, 9.17) is 17.3 Å². The monoisotopic (exact) mass is 271 g/mol. The number of anilines is 1. The van der Waals surface area contributed by atoms with Crippen LogP contribution < -0.4 is 5.73 Å². The molecule has 0 aromatic heterocycles. The molecule has 2 nitrogen and oxygen atoms in total. The average Bonchev–Trinajstić information content (AvgIpc) is 2.60. The van der Waals surface area contributed by atoms with Gasteiger partial charge in [0.15, 0.2) is 0 Å². The van der Waals surface area contributed by atoms with Crippen molar-refractivity contribution in [2.45, 2.75) is 48.7 Å². The van der Waals surface area contributed by atoms with E-state index in [0.29, 0.717) is 10.7 Å². The van der Waals surface area contributed by atoms with E-state index in [-0.39, 0.29) is 5.25 Å². The summed E-state index contributed by atoms with van der Waals surface area (Å²) in [5.41, 5.74) is 6.21. The third kappa shape index (κ3) is 3.23. The second-order valence-corrected chi connectivity index (χ2v) is 6.73. The molecule has 94 valence electrons. The van der Waals surface area contributed by atoms with Gasteiger partial charge >= 0.3 is 0 Å². The Labute approximate surface area is 110 Å². The Morgan fingerprint density at radius 3 is 2.41 bits per heavy atom. The van der Waals surface area contributed by atoms with Gasteiger partial charge in [-0.1, -0.05) is 37.3 Å². The normalized spacial score (nSPS) is 19.8. The zero-order valence-corrected chi connectivity index (χ0v) is 11.4. The smallest absolute Gasteiger partial charge is 0.0647 e. The van der Waals surface area contributed by atoms with Gasteiger partial charge in [0.2, 0.25) is 0 Å². The quantitative estimate of drug-likeness (QED) is 0.658. The van der Waals surface area contributed by atoms with Crippen molar-refractivity contribution in [3.8, 4) is 0 Å². The van der Waals surface area contributed by atoms with Crippen LogP contribution in [-0.4, -0.2) is 9.46 Å². The Balaban J connectivity index is 2.14. The number of hydrogen-bond acceptors (Lipinski definition) is 2. The van der Waals surface area contributed by atoms with Crippen molar-refractivity contribution in [1.82, 2.24) is 0 Å². The molecule has 0 aliphatic heterocycles. The van der Waals surface area contributed by atoms with E-state index in [1.54, 1.807) is 12.1 Å². The van der Waals surface area contributed by atoms with Gasteiger partial charge in [-0.25, -0.2) is 0 Å². The van der Waals surface area contributed by atoms with Gasteiger partial charge in [0.25, 0.3) is 0 Å². The van der Waals surface area contributed by atoms with Crippen molar-refractivity contribution in [3.05, 3.63) is 23.2 Å². The molecule has 0 heterocycles. The fourth-order valence-electron chi connectivity index (χ4n) is 2.28. The first-order valence-electron chi connectivity index (χ1n) is 6.14. The molecule has 4 heteroatoms. The van der Waals surface area contributed by atoms with Crippen LogP contribution in [0.4, 0.5) is 5.69 Å². The summed E-state index contributed by atoms with van der Waals surface area (Å²) in [5.74, 6) is 0. The van der Waals surface area contributed by atoms with E-state index in [1.807, 2.05) is 6.07 Å². The van der Waals surface area contributed by atoms with Crippen LogP contribution >= 0.6 is 11.6 Å². The summed E-state index contributed by atoms with van der Waals surface area (Å²) in [6, 6.07) is 5.33. The molecular weight excluding hydrogens is 254 g/mol. The Bertz CT molecular complexity index is 414. The third-order valence-corrected chi connectivity index (χ3v) is 5.43. The van der Waals surface area contributed by atoms with Crippen LogP contribution in [0.3, 0.4) is 0 Å². The zero-order valence-electron chi connectivity index (χ0n) is 9.82. The first-order valence-corrected chi connectivity index (χ1v) is 7.73. The van der Waals surface area contributed by atoms with Gasteiger partial charge in [-0.3, -0.25) is 4.21 Å². The maximum Gasteiger partial charge on any atom is 0.0647 e. The second kappa shape index (κ2) is 5.87.